The summed E-state index contributed by atoms with van der Waals surface area (Å²) in [6.07, 6.45) is 0.842. The maximum atomic E-state index is 5.34. The van der Waals surface area contributed by atoms with Crippen molar-refractivity contribution in [3.63, 3.8) is 0 Å². The third kappa shape index (κ3) is 7.05. The van der Waals surface area contributed by atoms with Gasteiger partial charge in [-0.3, -0.25) is 4.99 Å². The molecule has 2 aromatic carbocycles. The highest BCUT2D eigenvalue weighted by Crippen LogP contribution is 2.27. The van der Waals surface area contributed by atoms with Crippen LogP contribution >= 0.6 is 39.9 Å². The molecule has 0 unspecified atom stereocenters. The Balaban J connectivity index is 0.00000392. The Hall–Kier alpha value is -1.68. The molecule has 2 rings (SSSR count). The number of hydrogen-bond acceptors (Lipinski definition) is 4. The van der Waals surface area contributed by atoms with Gasteiger partial charge in [0, 0.05) is 20.1 Å². The summed E-state index contributed by atoms with van der Waals surface area (Å²) in [6, 6.07) is 11.9. The van der Waals surface area contributed by atoms with Crippen molar-refractivity contribution in [2.24, 2.45) is 4.99 Å². The van der Waals surface area contributed by atoms with Crippen LogP contribution in [0.3, 0.4) is 0 Å². The predicted octanol–water partition coefficient (Wildman–Crippen LogP) is 4.00. The third-order valence-corrected chi connectivity index (χ3v) is 4.67. The first-order valence-electron chi connectivity index (χ1n) is 8.59. The Labute approximate surface area is 192 Å². The minimum absolute atomic E-state index is 0. The van der Waals surface area contributed by atoms with Gasteiger partial charge in [-0.15, -0.1) is 24.0 Å². The molecule has 154 valence electrons. The van der Waals surface area contributed by atoms with Crippen LogP contribution in [0.4, 0.5) is 0 Å². The maximum absolute atomic E-state index is 5.34. The van der Waals surface area contributed by atoms with Crippen LogP contribution in [0.2, 0.25) is 0 Å². The molecule has 0 saturated heterocycles. The van der Waals surface area contributed by atoms with E-state index in [-0.39, 0.29) is 24.0 Å². The van der Waals surface area contributed by atoms with E-state index in [9.17, 15) is 0 Å². The van der Waals surface area contributed by atoms with Crippen LogP contribution in [0.15, 0.2) is 45.9 Å². The number of methoxy groups -OCH3 is 3. The van der Waals surface area contributed by atoms with Gasteiger partial charge >= 0.3 is 0 Å². The van der Waals surface area contributed by atoms with Crippen molar-refractivity contribution < 1.29 is 14.2 Å². The highest BCUT2D eigenvalue weighted by atomic mass is 127. The van der Waals surface area contributed by atoms with Crippen LogP contribution in [0.25, 0.3) is 0 Å². The second-order valence-corrected chi connectivity index (χ2v) is 6.62. The van der Waals surface area contributed by atoms with Crippen molar-refractivity contribution in [2.75, 3.05) is 34.9 Å². The van der Waals surface area contributed by atoms with E-state index in [1.807, 2.05) is 36.4 Å². The molecule has 8 heteroatoms. The lowest BCUT2D eigenvalue weighted by atomic mass is 10.1. The summed E-state index contributed by atoms with van der Waals surface area (Å²) in [7, 11) is 6.69. The smallest absolute Gasteiger partial charge is 0.191 e. The molecular weight excluding hydrogens is 537 g/mol. The maximum Gasteiger partial charge on any atom is 0.191 e. The van der Waals surface area contributed by atoms with E-state index in [2.05, 4.69) is 31.6 Å². The van der Waals surface area contributed by atoms with Gasteiger partial charge in [0.1, 0.15) is 5.75 Å². The van der Waals surface area contributed by atoms with Crippen molar-refractivity contribution in [2.45, 2.75) is 13.0 Å². The summed E-state index contributed by atoms with van der Waals surface area (Å²) in [5.74, 6) is 3.04. The molecule has 28 heavy (non-hydrogen) atoms. The molecule has 2 aromatic rings. The first-order chi connectivity index (χ1) is 13.1. The molecule has 2 N–H and O–H groups in total. The van der Waals surface area contributed by atoms with Crippen molar-refractivity contribution in [1.29, 1.82) is 0 Å². The molecule has 0 aliphatic carbocycles. The Morgan fingerprint density at radius 1 is 0.893 bits per heavy atom. The van der Waals surface area contributed by atoms with Gasteiger partial charge in [0.25, 0.3) is 0 Å². The topological polar surface area (TPSA) is 64.1 Å². The lowest BCUT2D eigenvalue weighted by Crippen LogP contribution is -2.37. The standard InChI is InChI=1S/C20H26BrN3O3.HI/c1-22-20(24-13-15-6-7-17(25-2)16(21)11-15)23-10-9-14-5-8-18(26-3)19(12-14)27-4;/h5-8,11-12H,9-10,13H2,1-4H3,(H2,22,23,24);1H. The van der Waals surface area contributed by atoms with E-state index in [0.29, 0.717) is 6.54 Å². The molecule has 0 heterocycles. The largest absolute Gasteiger partial charge is 0.496 e. The number of nitrogens with one attached hydrogen (secondary N) is 2. The molecule has 0 atom stereocenters. The second-order valence-electron chi connectivity index (χ2n) is 5.76. The molecule has 0 amide bonds. The SMILES string of the molecule is CN=C(NCCc1ccc(OC)c(OC)c1)NCc1ccc(OC)c(Br)c1.I. The van der Waals surface area contributed by atoms with E-state index in [1.165, 1.54) is 0 Å². The fourth-order valence-corrected chi connectivity index (χ4v) is 3.18. The number of nitrogens with zero attached hydrogens (tertiary/aromatic N) is 1. The summed E-state index contributed by atoms with van der Waals surface area (Å²) in [4.78, 5) is 4.26. The van der Waals surface area contributed by atoms with Gasteiger partial charge in [-0.05, 0) is 57.7 Å². The summed E-state index contributed by atoms with van der Waals surface area (Å²) in [5, 5.41) is 6.63. The van der Waals surface area contributed by atoms with Gasteiger partial charge in [0.15, 0.2) is 17.5 Å². The summed E-state index contributed by atoms with van der Waals surface area (Å²) in [5.41, 5.74) is 2.29. The molecule has 0 fully saturated rings. The van der Waals surface area contributed by atoms with Crippen LogP contribution in [-0.4, -0.2) is 40.9 Å². The summed E-state index contributed by atoms with van der Waals surface area (Å²) in [6.45, 7) is 1.42. The van der Waals surface area contributed by atoms with Crippen LogP contribution in [0, 0.1) is 0 Å². The zero-order valence-corrected chi connectivity index (χ0v) is 20.5. The molecule has 6 nitrogen and oxygen atoms in total. The van der Waals surface area contributed by atoms with Gasteiger partial charge in [-0.1, -0.05) is 12.1 Å². The molecule has 0 aliphatic heterocycles. The Morgan fingerprint density at radius 3 is 2.14 bits per heavy atom. The second kappa shape index (κ2) is 12.7. The fourth-order valence-electron chi connectivity index (χ4n) is 2.59. The van der Waals surface area contributed by atoms with E-state index < -0.39 is 0 Å². The zero-order valence-electron chi connectivity index (χ0n) is 16.5. The number of benzene rings is 2. The zero-order chi connectivity index (χ0) is 19.6. The van der Waals surface area contributed by atoms with Crippen LogP contribution in [0.5, 0.6) is 17.2 Å². The lowest BCUT2D eigenvalue weighted by molar-refractivity contribution is 0.354. The normalized spacial score (nSPS) is 10.7. The van der Waals surface area contributed by atoms with Crippen molar-refractivity contribution >= 4 is 45.9 Å². The molecular formula is C20H27BrIN3O3. The Kier molecular flexibility index (Phi) is 11.1. The van der Waals surface area contributed by atoms with Gasteiger partial charge in [-0.2, -0.15) is 0 Å². The third-order valence-electron chi connectivity index (χ3n) is 4.05. The fraction of sp³-hybridized carbons (Fsp3) is 0.350. The highest BCUT2D eigenvalue weighted by Gasteiger charge is 2.06. The number of hydrogen-bond donors (Lipinski definition) is 2. The number of guanidine groups is 1. The molecule has 0 bridgehead atoms. The Bertz CT molecular complexity index is 787. The van der Waals surface area contributed by atoms with Crippen molar-refractivity contribution in [3.8, 4) is 17.2 Å². The first kappa shape index (κ1) is 24.4. The lowest BCUT2D eigenvalue weighted by Gasteiger charge is -2.13. The molecule has 0 spiro atoms. The van der Waals surface area contributed by atoms with E-state index in [0.717, 1.165) is 51.8 Å². The minimum Gasteiger partial charge on any atom is -0.496 e. The monoisotopic (exact) mass is 563 g/mol. The highest BCUT2D eigenvalue weighted by molar-refractivity contribution is 14.0. The van der Waals surface area contributed by atoms with E-state index >= 15 is 0 Å². The van der Waals surface area contributed by atoms with Gasteiger partial charge in [0.2, 0.25) is 0 Å². The number of aliphatic imine (C=N–C) groups is 1. The van der Waals surface area contributed by atoms with Crippen LogP contribution in [0.1, 0.15) is 11.1 Å². The Morgan fingerprint density at radius 2 is 1.54 bits per heavy atom. The van der Waals surface area contributed by atoms with Crippen molar-refractivity contribution in [3.05, 3.63) is 52.0 Å². The van der Waals surface area contributed by atoms with Gasteiger partial charge in [-0.25, -0.2) is 0 Å². The molecule has 0 aliphatic rings. The van der Waals surface area contributed by atoms with Gasteiger partial charge < -0.3 is 24.8 Å². The number of ether oxygens (including phenoxy) is 3. The minimum atomic E-state index is 0. The number of halogens is 2. The predicted molar refractivity (Wildman–Crippen MR) is 128 cm³/mol. The average molecular weight is 564 g/mol. The number of rotatable bonds is 8. The van der Waals surface area contributed by atoms with E-state index in [4.69, 9.17) is 14.2 Å². The van der Waals surface area contributed by atoms with E-state index in [1.54, 1.807) is 28.4 Å². The van der Waals surface area contributed by atoms with Gasteiger partial charge in [0.05, 0.1) is 25.8 Å². The van der Waals surface area contributed by atoms with Crippen LogP contribution < -0.4 is 24.8 Å². The summed E-state index contributed by atoms with van der Waals surface area (Å²) >= 11 is 3.50. The summed E-state index contributed by atoms with van der Waals surface area (Å²) < 4.78 is 16.8. The average Bonchev–Trinajstić information content (AvgIpc) is 2.70. The van der Waals surface area contributed by atoms with Crippen LogP contribution in [-0.2, 0) is 13.0 Å². The van der Waals surface area contributed by atoms with Crippen molar-refractivity contribution in [1.82, 2.24) is 10.6 Å². The molecule has 0 aromatic heterocycles. The quantitative estimate of drug-likeness (QED) is 0.289. The molecule has 0 radical (unpaired) electrons. The first-order valence-corrected chi connectivity index (χ1v) is 9.38. The molecule has 0 saturated carbocycles.